The van der Waals surface area contributed by atoms with E-state index < -0.39 is 11.7 Å². The minimum absolute atomic E-state index is 0.235. The topological polar surface area (TPSA) is 123 Å². The Bertz CT molecular complexity index is 1050. The number of carbonyl (C=O) groups is 1. The molecule has 10 heteroatoms. The summed E-state index contributed by atoms with van der Waals surface area (Å²) >= 11 is 0. The van der Waals surface area contributed by atoms with E-state index >= 15 is 0 Å². The molecule has 1 aromatic heterocycles. The average molecular weight is 426 g/mol. The molecule has 0 aliphatic heterocycles. The fraction of sp³-hybridized carbons (Fsp3) is 0.190. The molecule has 1 heterocycles. The summed E-state index contributed by atoms with van der Waals surface area (Å²) in [5.74, 6) is 1.10. The smallest absolute Gasteiger partial charge is 0.269 e. The van der Waals surface area contributed by atoms with Crippen LogP contribution in [0, 0.1) is 5.82 Å². The quantitative estimate of drug-likeness (QED) is 0.385. The van der Waals surface area contributed by atoms with Crippen molar-refractivity contribution < 1.29 is 18.7 Å². The zero-order valence-corrected chi connectivity index (χ0v) is 17.1. The van der Waals surface area contributed by atoms with Gasteiger partial charge in [0, 0.05) is 12.1 Å². The molecule has 0 saturated carbocycles. The first-order valence-corrected chi connectivity index (χ1v) is 9.39. The number of benzene rings is 2. The van der Waals surface area contributed by atoms with Crippen molar-refractivity contribution >= 4 is 23.2 Å². The maximum atomic E-state index is 13.0. The normalized spacial score (nSPS) is 10.3. The lowest BCUT2D eigenvalue weighted by Gasteiger charge is -2.13. The molecule has 3 rings (SSSR count). The van der Waals surface area contributed by atoms with Gasteiger partial charge in [0.05, 0.1) is 14.2 Å². The SMILES string of the molecule is COc1ccc(CCNc2ncnc(NNC(=O)c3ccc(F)cc3)c2N)cc1OC. The molecule has 9 nitrogen and oxygen atoms in total. The highest BCUT2D eigenvalue weighted by Gasteiger charge is 2.11. The van der Waals surface area contributed by atoms with Crippen LogP contribution in [0.2, 0.25) is 0 Å². The summed E-state index contributed by atoms with van der Waals surface area (Å²) in [4.78, 5) is 20.3. The van der Waals surface area contributed by atoms with Gasteiger partial charge >= 0.3 is 0 Å². The van der Waals surface area contributed by atoms with E-state index in [0.29, 0.717) is 30.3 Å². The number of hydrogen-bond acceptors (Lipinski definition) is 8. The van der Waals surface area contributed by atoms with Crippen LogP contribution < -0.4 is 31.4 Å². The van der Waals surface area contributed by atoms with E-state index in [1.807, 2.05) is 18.2 Å². The molecule has 0 spiro atoms. The molecular formula is C21H23FN6O3. The lowest BCUT2D eigenvalue weighted by Crippen LogP contribution is -2.30. The molecule has 3 aromatic rings. The van der Waals surface area contributed by atoms with Gasteiger partial charge in [-0.2, -0.15) is 0 Å². The monoisotopic (exact) mass is 426 g/mol. The number of nitrogen functional groups attached to an aromatic ring is 1. The third-order valence-corrected chi connectivity index (χ3v) is 4.44. The van der Waals surface area contributed by atoms with Gasteiger partial charge in [-0.15, -0.1) is 0 Å². The molecule has 31 heavy (non-hydrogen) atoms. The maximum absolute atomic E-state index is 13.0. The van der Waals surface area contributed by atoms with Gasteiger partial charge in [0.2, 0.25) is 0 Å². The minimum atomic E-state index is -0.457. The van der Waals surface area contributed by atoms with Gasteiger partial charge in [-0.25, -0.2) is 14.4 Å². The maximum Gasteiger partial charge on any atom is 0.269 e. The van der Waals surface area contributed by atoms with Crippen LogP contribution in [0.3, 0.4) is 0 Å². The van der Waals surface area contributed by atoms with Crippen LogP contribution in [-0.2, 0) is 6.42 Å². The highest BCUT2D eigenvalue weighted by atomic mass is 19.1. The number of ether oxygens (including phenoxy) is 2. The Labute approximate surface area is 178 Å². The second-order valence-electron chi connectivity index (χ2n) is 6.44. The fourth-order valence-corrected chi connectivity index (χ4v) is 2.79. The van der Waals surface area contributed by atoms with Gasteiger partial charge in [-0.05, 0) is 48.4 Å². The van der Waals surface area contributed by atoms with Crippen LogP contribution in [-0.4, -0.2) is 36.6 Å². The molecule has 0 unspecified atom stereocenters. The highest BCUT2D eigenvalue weighted by Crippen LogP contribution is 2.28. The number of methoxy groups -OCH3 is 2. The number of nitrogens with one attached hydrogen (secondary N) is 3. The van der Waals surface area contributed by atoms with Crippen molar-refractivity contribution in [1.82, 2.24) is 15.4 Å². The number of hydrogen-bond donors (Lipinski definition) is 4. The predicted octanol–water partition coefficient (Wildman–Crippen LogP) is 2.63. The molecule has 0 saturated heterocycles. The van der Waals surface area contributed by atoms with E-state index in [-0.39, 0.29) is 17.1 Å². The van der Waals surface area contributed by atoms with Crippen LogP contribution in [0.5, 0.6) is 11.5 Å². The lowest BCUT2D eigenvalue weighted by molar-refractivity contribution is 0.0962. The molecule has 0 fully saturated rings. The average Bonchev–Trinajstić information content (AvgIpc) is 2.79. The Balaban J connectivity index is 1.58. The summed E-state index contributed by atoms with van der Waals surface area (Å²) in [5, 5.41) is 3.15. The Kier molecular flexibility index (Phi) is 7.05. The Morgan fingerprint density at radius 3 is 2.45 bits per heavy atom. The number of nitrogens with zero attached hydrogens (tertiary/aromatic N) is 2. The molecule has 5 N–H and O–H groups in total. The van der Waals surface area contributed by atoms with Crippen molar-refractivity contribution in [1.29, 1.82) is 0 Å². The Morgan fingerprint density at radius 2 is 1.74 bits per heavy atom. The summed E-state index contributed by atoms with van der Waals surface area (Å²) in [6.45, 7) is 0.554. The summed E-state index contributed by atoms with van der Waals surface area (Å²) in [6, 6.07) is 10.8. The molecule has 162 valence electrons. The molecule has 1 amide bonds. The highest BCUT2D eigenvalue weighted by molar-refractivity contribution is 5.95. The summed E-state index contributed by atoms with van der Waals surface area (Å²) in [6.07, 6.45) is 2.01. The number of nitrogens with two attached hydrogens (primary N) is 1. The zero-order chi connectivity index (χ0) is 22.2. The van der Waals surface area contributed by atoms with Gasteiger partial charge in [-0.1, -0.05) is 6.07 Å². The van der Waals surface area contributed by atoms with Crippen molar-refractivity contribution in [2.45, 2.75) is 6.42 Å². The molecule has 0 bridgehead atoms. The van der Waals surface area contributed by atoms with Gasteiger partial charge in [0.15, 0.2) is 23.1 Å². The van der Waals surface area contributed by atoms with E-state index in [1.165, 1.54) is 30.6 Å². The van der Waals surface area contributed by atoms with E-state index in [0.717, 1.165) is 5.56 Å². The third kappa shape index (κ3) is 5.50. The first-order valence-electron chi connectivity index (χ1n) is 9.39. The summed E-state index contributed by atoms with van der Waals surface area (Å²) in [5.41, 5.74) is 12.8. The number of aromatic nitrogens is 2. The van der Waals surface area contributed by atoms with Crippen LogP contribution in [0.4, 0.5) is 21.7 Å². The van der Waals surface area contributed by atoms with Crippen LogP contribution >= 0.6 is 0 Å². The second-order valence-corrected chi connectivity index (χ2v) is 6.44. The Morgan fingerprint density at radius 1 is 1.03 bits per heavy atom. The molecular weight excluding hydrogens is 403 g/mol. The van der Waals surface area contributed by atoms with Gasteiger partial charge in [0.25, 0.3) is 5.91 Å². The molecule has 0 aliphatic carbocycles. The van der Waals surface area contributed by atoms with Gasteiger partial charge in [-0.3, -0.25) is 15.6 Å². The van der Waals surface area contributed by atoms with Gasteiger partial charge in [0.1, 0.15) is 17.8 Å². The van der Waals surface area contributed by atoms with Crippen molar-refractivity contribution in [3.63, 3.8) is 0 Å². The van der Waals surface area contributed by atoms with E-state index in [2.05, 4.69) is 26.1 Å². The minimum Gasteiger partial charge on any atom is -0.493 e. The fourth-order valence-electron chi connectivity index (χ4n) is 2.79. The molecule has 0 radical (unpaired) electrons. The summed E-state index contributed by atoms with van der Waals surface area (Å²) in [7, 11) is 3.18. The first-order chi connectivity index (χ1) is 15.0. The van der Waals surface area contributed by atoms with Gasteiger partial charge < -0.3 is 20.5 Å². The standard InChI is InChI=1S/C21H23FN6O3/c1-30-16-8-3-13(11-17(16)31-2)9-10-24-19-18(23)20(26-12-25-19)27-28-21(29)14-4-6-15(22)7-5-14/h3-8,11-12H,9-10,23H2,1-2H3,(H,28,29)(H2,24,25,26,27). The number of rotatable bonds is 9. The van der Waals surface area contributed by atoms with Crippen molar-refractivity contribution in [3.8, 4) is 11.5 Å². The summed E-state index contributed by atoms with van der Waals surface area (Å²) < 4.78 is 23.5. The number of hydrazine groups is 1. The number of anilines is 3. The molecule has 0 aliphatic rings. The largest absolute Gasteiger partial charge is 0.493 e. The van der Waals surface area contributed by atoms with Crippen LogP contribution in [0.25, 0.3) is 0 Å². The van der Waals surface area contributed by atoms with E-state index in [4.69, 9.17) is 15.2 Å². The third-order valence-electron chi connectivity index (χ3n) is 4.44. The van der Waals surface area contributed by atoms with Crippen LogP contribution in [0.1, 0.15) is 15.9 Å². The number of halogens is 1. The number of amides is 1. The van der Waals surface area contributed by atoms with E-state index in [1.54, 1.807) is 14.2 Å². The Hall–Kier alpha value is -4.08. The lowest BCUT2D eigenvalue weighted by atomic mass is 10.1. The second kappa shape index (κ2) is 10.1. The molecule has 0 atom stereocenters. The van der Waals surface area contributed by atoms with Crippen LogP contribution in [0.15, 0.2) is 48.8 Å². The van der Waals surface area contributed by atoms with Crippen molar-refractivity contribution in [2.75, 3.05) is 37.2 Å². The van der Waals surface area contributed by atoms with E-state index in [9.17, 15) is 9.18 Å². The zero-order valence-electron chi connectivity index (χ0n) is 17.1. The van der Waals surface area contributed by atoms with Crippen molar-refractivity contribution in [3.05, 3.63) is 65.7 Å². The predicted molar refractivity (Wildman–Crippen MR) is 116 cm³/mol. The van der Waals surface area contributed by atoms with Crippen molar-refractivity contribution in [2.24, 2.45) is 0 Å². The molecule has 2 aromatic carbocycles. The number of carbonyl (C=O) groups excluding carboxylic acids is 1. The first kappa shape index (κ1) is 21.6.